The Morgan fingerprint density at radius 2 is 0.955 bits per heavy atom. The average molecular weight is 296 g/mol. The van der Waals surface area contributed by atoms with Crippen LogP contribution in [0.3, 0.4) is 0 Å². The molecule has 3 aromatic rings. The third-order valence-electron chi connectivity index (χ3n) is 3.21. The lowest BCUT2D eigenvalue weighted by Gasteiger charge is -2.11. The third-order valence-corrected chi connectivity index (χ3v) is 3.21. The molecule has 0 radical (unpaired) electrons. The number of nitrogens with zero attached hydrogens (tertiary/aromatic N) is 3. The molecule has 0 unspecified atom stereocenters. The van der Waals surface area contributed by atoms with Gasteiger partial charge < -0.3 is 5.84 Å². The number of benzene rings is 2. The topological polar surface area (TPSA) is 92.0 Å². The number of nitrogens with two attached hydrogens (primary N) is 1. The molecule has 0 spiro atoms. The molecule has 7 nitrogen and oxygen atoms in total. The van der Waals surface area contributed by atoms with Gasteiger partial charge in [0.25, 0.3) is 0 Å². The minimum atomic E-state index is -0.895. The molecule has 0 aliphatic rings. The van der Waals surface area contributed by atoms with E-state index in [-0.39, 0.29) is 0 Å². The highest BCUT2D eigenvalue weighted by atomic mass is 16.2. The molecule has 22 heavy (non-hydrogen) atoms. The maximum absolute atomic E-state index is 12.6. The van der Waals surface area contributed by atoms with Crippen molar-refractivity contribution in [3.8, 4) is 11.4 Å². The molecule has 1 heterocycles. The van der Waals surface area contributed by atoms with Gasteiger partial charge in [-0.15, -0.1) is 0 Å². The summed E-state index contributed by atoms with van der Waals surface area (Å²) in [4.78, 5) is 37.0. The number of hydrogen-bond acceptors (Lipinski definition) is 4. The Kier molecular flexibility index (Phi) is 3.23. The smallest absolute Gasteiger partial charge is 0.331 e. The first-order valence-corrected chi connectivity index (χ1v) is 6.48. The van der Waals surface area contributed by atoms with E-state index in [1.807, 2.05) is 0 Å². The quantitative estimate of drug-likeness (QED) is 0.666. The molecule has 0 saturated heterocycles. The van der Waals surface area contributed by atoms with Crippen molar-refractivity contribution in [2.24, 2.45) is 0 Å². The Hall–Kier alpha value is -3.35. The summed E-state index contributed by atoms with van der Waals surface area (Å²) in [5.74, 6) is 5.54. The second kappa shape index (κ2) is 5.21. The van der Waals surface area contributed by atoms with E-state index in [0.29, 0.717) is 16.1 Å². The van der Waals surface area contributed by atoms with Gasteiger partial charge in [-0.25, -0.2) is 23.5 Å². The number of rotatable bonds is 2. The van der Waals surface area contributed by atoms with Crippen LogP contribution in [0.15, 0.2) is 75.0 Å². The van der Waals surface area contributed by atoms with E-state index in [2.05, 4.69) is 0 Å². The molecule has 2 aromatic carbocycles. The molecule has 0 saturated carbocycles. The molecule has 1 aromatic heterocycles. The zero-order chi connectivity index (χ0) is 15.7. The fraction of sp³-hybridized carbons (Fsp3) is 0. The highest BCUT2D eigenvalue weighted by molar-refractivity contribution is 5.34. The monoisotopic (exact) mass is 296 g/mol. The standard InChI is InChI=1S/C15H12N4O3/c16-19-14(21)17(11-7-3-1-4-8-11)13(20)18(15(19)22)12-9-5-2-6-10-12/h1-10H,16H2. The van der Waals surface area contributed by atoms with E-state index in [4.69, 9.17) is 5.84 Å². The van der Waals surface area contributed by atoms with Crippen molar-refractivity contribution >= 4 is 0 Å². The summed E-state index contributed by atoms with van der Waals surface area (Å²) < 4.78 is 2.13. The van der Waals surface area contributed by atoms with Crippen LogP contribution < -0.4 is 22.9 Å². The van der Waals surface area contributed by atoms with Crippen molar-refractivity contribution in [2.45, 2.75) is 0 Å². The Bertz CT molecular complexity index is 908. The summed E-state index contributed by atoms with van der Waals surface area (Å²) in [6.45, 7) is 0. The van der Waals surface area contributed by atoms with Gasteiger partial charge in [0.15, 0.2) is 0 Å². The Morgan fingerprint density at radius 1 is 0.591 bits per heavy atom. The van der Waals surface area contributed by atoms with E-state index < -0.39 is 17.1 Å². The van der Waals surface area contributed by atoms with Crippen molar-refractivity contribution in [3.05, 3.63) is 92.1 Å². The molecular formula is C15H12N4O3. The van der Waals surface area contributed by atoms with Crippen LogP contribution in [0.5, 0.6) is 0 Å². The first-order valence-electron chi connectivity index (χ1n) is 6.48. The first-order chi connectivity index (χ1) is 10.6. The molecule has 2 N–H and O–H groups in total. The van der Waals surface area contributed by atoms with Gasteiger partial charge in [0.2, 0.25) is 0 Å². The maximum atomic E-state index is 12.6. The van der Waals surface area contributed by atoms with Crippen LogP contribution in [-0.4, -0.2) is 13.8 Å². The van der Waals surface area contributed by atoms with Gasteiger partial charge >= 0.3 is 17.1 Å². The van der Waals surface area contributed by atoms with Crippen molar-refractivity contribution in [3.63, 3.8) is 0 Å². The van der Waals surface area contributed by atoms with E-state index in [1.54, 1.807) is 60.7 Å². The van der Waals surface area contributed by atoms with E-state index in [0.717, 1.165) is 9.13 Å². The fourth-order valence-corrected chi connectivity index (χ4v) is 2.16. The summed E-state index contributed by atoms with van der Waals surface area (Å²) in [6.07, 6.45) is 0. The Morgan fingerprint density at radius 3 is 1.32 bits per heavy atom. The zero-order valence-corrected chi connectivity index (χ0v) is 11.4. The van der Waals surface area contributed by atoms with Crippen LogP contribution in [0.25, 0.3) is 11.4 Å². The lowest BCUT2D eigenvalue weighted by atomic mass is 10.3. The maximum Gasteiger partial charge on any atom is 0.359 e. The van der Waals surface area contributed by atoms with Crippen LogP contribution in [0.2, 0.25) is 0 Å². The molecule has 0 aliphatic heterocycles. The lowest BCUT2D eigenvalue weighted by molar-refractivity contribution is 0.641. The summed E-state index contributed by atoms with van der Waals surface area (Å²) in [5.41, 5.74) is -1.89. The SMILES string of the molecule is Nn1c(=O)n(-c2ccccc2)c(=O)n(-c2ccccc2)c1=O. The third kappa shape index (κ3) is 2.05. The van der Waals surface area contributed by atoms with Crippen LogP contribution in [0, 0.1) is 0 Å². The van der Waals surface area contributed by atoms with Gasteiger partial charge in [-0.1, -0.05) is 36.4 Å². The number of aromatic nitrogens is 3. The average Bonchev–Trinajstić information content (AvgIpc) is 2.55. The summed E-state index contributed by atoms with van der Waals surface area (Å²) in [7, 11) is 0. The van der Waals surface area contributed by atoms with Crippen molar-refractivity contribution in [1.82, 2.24) is 13.8 Å². The van der Waals surface area contributed by atoms with Gasteiger partial charge in [0.05, 0.1) is 11.4 Å². The van der Waals surface area contributed by atoms with Crippen LogP contribution in [0.4, 0.5) is 0 Å². The predicted molar refractivity (Wildman–Crippen MR) is 82.0 cm³/mol. The van der Waals surface area contributed by atoms with Crippen LogP contribution in [0.1, 0.15) is 0 Å². The molecule has 0 bridgehead atoms. The summed E-state index contributed by atoms with van der Waals surface area (Å²) >= 11 is 0. The predicted octanol–water partition coefficient (Wildman–Crippen LogP) is -0.136. The highest BCUT2D eigenvalue weighted by Gasteiger charge is 2.16. The summed E-state index contributed by atoms with van der Waals surface area (Å²) in [6, 6.07) is 16.6. The molecule has 0 atom stereocenters. The van der Waals surface area contributed by atoms with Crippen molar-refractivity contribution < 1.29 is 0 Å². The van der Waals surface area contributed by atoms with Crippen molar-refractivity contribution in [2.75, 3.05) is 5.84 Å². The van der Waals surface area contributed by atoms with Gasteiger partial charge in [0, 0.05) is 0 Å². The second-order valence-electron chi connectivity index (χ2n) is 4.56. The number of nitrogen functional groups attached to an aromatic ring is 1. The zero-order valence-electron chi connectivity index (χ0n) is 11.4. The van der Waals surface area contributed by atoms with Crippen LogP contribution >= 0.6 is 0 Å². The molecule has 110 valence electrons. The van der Waals surface area contributed by atoms with Gasteiger partial charge in [-0.2, -0.15) is 4.68 Å². The van der Waals surface area contributed by atoms with E-state index in [9.17, 15) is 14.4 Å². The summed E-state index contributed by atoms with van der Waals surface area (Å²) in [5, 5.41) is 0. The molecule has 0 fully saturated rings. The molecule has 0 aliphatic carbocycles. The van der Waals surface area contributed by atoms with Gasteiger partial charge in [-0.05, 0) is 24.3 Å². The number of hydrogen-bond donors (Lipinski definition) is 1. The Balaban J connectivity index is 2.45. The first kappa shape index (κ1) is 13.6. The molecule has 7 heteroatoms. The fourth-order valence-electron chi connectivity index (χ4n) is 2.16. The van der Waals surface area contributed by atoms with Gasteiger partial charge in [0.1, 0.15) is 0 Å². The molecular weight excluding hydrogens is 284 g/mol. The van der Waals surface area contributed by atoms with Gasteiger partial charge in [-0.3, -0.25) is 0 Å². The second-order valence-corrected chi connectivity index (χ2v) is 4.56. The highest BCUT2D eigenvalue weighted by Crippen LogP contribution is 2.02. The molecule has 3 rings (SSSR count). The largest absolute Gasteiger partial charge is 0.359 e. The minimum absolute atomic E-state index is 0.335. The molecule has 0 amide bonds. The van der Waals surface area contributed by atoms with Crippen molar-refractivity contribution in [1.29, 1.82) is 0 Å². The van der Waals surface area contributed by atoms with Crippen LogP contribution in [-0.2, 0) is 0 Å². The minimum Gasteiger partial charge on any atom is -0.331 e. The number of para-hydroxylation sites is 2. The lowest BCUT2D eigenvalue weighted by Crippen LogP contribution is -2.56. The normalized spacial score (nSPS) is 10.5. The van der Waals surface area contributed by atoms with E-state index >= 15 is 0 Å². The Labute approximate surface area is 124 Å². The van der Waals surface area contributed by atoms with E-state index in [1.165, 1.54) is 0 Å².